The van der Waals surface area contributed by atoms with Crippen LogP contribution >= 0.6 is 0 Å². The zero-order valence-corrected chi connectivity index (χ0v) is 23.5. The highest BCUT2D eigenvalue weighted by Gasteiger charge is 2.19. The third-order valence-corrected chi connectivity index (χ3v) is 7.65. The lowest BCUT2D eigenvalue weighted by Crippen LogP contribution is -2.22. The fourth-order valence-corrected chi connectivity index (χ4v) is 4.65. The Morgan fingerprint density at radius 3 is 2.53 bits per heavy atom. The molecule has 0 unspecified atom stereocenters. The standard InChI is InChI=1S/C29H34FN3O4Si/c1-20(2)23-18-33(19-35-15-16-38(3,4)5)28-27(23)26(13-14-31-28)37-25-12-11-21(17-24(25)30)32-29(34)36-22-9-7-6-8-10-22/h6-14,17-18,20H,15-16,19H2,1-5H3,(H,32,34). The van der Waals surface area contributed by atoms with Crippen LogP contribution < -0.4 is 14.8 Å². The Morgan fingerprint density at radius 1 is 1.08 bits per heavy atom. The van der Waals surface area contributed by atoms with E-state index in [0.717, 1.165) is 22.6 Å². The molecule has 0 aliphatic rings. The Hall–Kier alpha value is -3.69. The Labute approximate surface area is 223 Å². The second kappa shape index (κ2) is 11.8. The molecule has 4 aromatic rings. The van der Waals surface area contributed by atoms with E-state index >= 15 is 4.39 Å². The van der Waals surface area contributed by atoms with Gasteiger partial charge in [-0.15, -0.1) is 0 Å². The third-order valence-electron chi connectivity index (χ3n) is 5.95. The number of nitrogens with zero attached hydrogens (tertiary/aromatic N) is 2. The summed E-state index contributed by atoms with van der Waals surface area (Å²) in [6, 6.07) is 15.7. The van der Waals surface area contributed by atoms with Gasteiger partial charge in [-0.05, 0) is 47.9 Å². The first kappa shape index (κ1) is 27.3. The highest BCUT2D eigenvalue weighted by Crippen LogP contribution is 2.37. The van der Waals surface area contributed by atoms with Gasteiger partial charge in [0.15, 0.2) is 11.6 Å². The Bertz CT molecular complexity index is 1400. The number of hydrogen-bond donors (Lipinski definition) is 1. The monoisotopic (exact) mass is 535 g/mol. The zero-order valence-electron chi connectivity index (χ0n) is 22.5. The first-order valence-corrected chi connectivity index (χ1v) is 16.4. The van der Waals surface area contributed by atoms with E-state index in [2.05, 4.69) is 43.8 Å². The van der Waals surface area contributed by atoms with Crippen LogP contribution in [0.4, 0.5) is 14.9 Å². The summed E-state index contributed by atoms with van der Waals surface area (Å²) in [4.78, 5) is 16.7. The van der Waals surface area contributed by atoms with Crippen molar-refractivity contribution >= 4 is 30.9 Å². The smallest absolute Gasteiger partial charge is 0.417 e. The summed E-state index contributed by atoms with van der Waals surface area (Å²) in [5, 5.41) is 3.35. The number of rotatable bonds is 10. The topological polar surface area (TPSA) is 74.6 Å². The average molecular weight is 536 g/mol. The number of carbonyl (C=O) groups excluding carboxylic acids is 1. The summed E-state index contributed by atoms with van der Waals surface area (Å²) < 4.78 is 34.2. The molecule has 200 valence electrons. The van der Waals surface area contributed by atoms with E-state index in [4.69, 9.17) is 14.2 Å². The number of pyridine rings is 1. The molecule has 7 nitrogen and oxygen atoms in total. The number of para-hydroxylation sites is 1. The average Bonchev–Trinajstić information content (AvgIpc) is 3.23. The van der Waals surface area contributed by atoms with E-state index in [1.165, 1.54) is 12.1 Å². The van der Waals surface area contributed by atoms with Crippen molar-refractivity contribution in [2.45, 2.75) is 52.2 Å². The number of hydrogen-bond acceptors (Lipinski definition) is 5. The number of ether oxygens (including phenoxy) is 3. The highest BCUT2D eigenvalue weighted by atomic mass is 28.3. The molecule has 0 spiro atoms. The molecule has 2 aromatic carbocycles. The van der Waals surface area contributed by atoms with Crippen LogP contribution in [0.25, 0.3) is 11.0 Å². The highest BCUT2D eigenvalue weighted by molar-refractivity contribution is 6.76. The zero-order chi connectivity index (χ0) is 27.3. The number of halogens is 1. The quantitative estimate of drug-likeness (QED) is 0.164. The van der Waals surface area contributed by atoms with E-state index in [1.807, 2.05) is 16.8 Å². The summed E-state index contributed by atoms with van der Waals surface area (Å²) in [6.45, 7) is 12.2. The minimum atomic E-state index is -1.19. The fraction of sp³-hybridized carbons (Fsp3) is 0.310. The van der Waals surface area contributed by atoms with Crippen LogP contribution in [-0.2, 0) is 11.5 Å². The van der Waals surface area contributed by atoms with Gasteiger partial charge >= 0.3 is 6.09 Å². The molecule has 0 saturated carbocycles. The second-order valence-corrected chi connectivity index (χ2v) is 16.3. The molecular weight excluding hydrogens is 501 g/mol. The van der Waals surface area contributed by atoms with Gasteiger partial charge in [-0.3, -0.25) is 5.32 Å². The van der Waals surface area contributed by atoms with Gasteiger partial charge < -0.3 is 18.8 Å². The van der Waals surface area contributed by atoms with Gasteiger partial charge in [0, 0.05) is 38.8 Å². The molecule has 1 N–H and O–H groups in total. The van der Waals surface area contributed by atoms with Crippen LogP contribution in [0.2, 0.25) is 25.7 Å². The number of fused-ring (bicyclic) bond motifs is 1. The molecule has 0 aliphatic heterocycles. The molecule has 0 saturated heterocycles. The molecule has 0 radical (unpaired) electrons. The maximum Gasteiger partial charge on any atom is 0.417 e. The maximum absolute atomic E-state index is 15.0. The van der Waals surface area contributed by atoms with Gasteiger partial charge in [-0.2, -0.15) is 0 Å². The lowest BCUT2D eigenvalue weighted by atomic mass is 10.0. The maximum atomic E-state index is 15.0. The summed E-state index contributed by atoms with van der Waals surface area (Å²) in [5.74, 6) is 0.504. The number of amides is 1. The predicted octanol–water partition coefficient (Wildman–Crippen LogP) is 8.01. The Kier molecular flexibility index (Phi) is 8.48. The van der Waals surface area contributed by atoms with Gasteiger partial charge in [0.1, 0.15) is 23.9 Å². The molecule has 0 fully saturated rings. The molecule has 4 rings (SSSR count). The first-order chi connectivity index (χ1) is 18.1. The van der Waals surface area contributed by atoms with Gasteiger partial charge in [-0.1, -0.05) is 51.7 Å². The van der Waals surface area contributed by atoms with Crippen molar-refractivity contribution in [3.05, 3.63) is 78.4 Å². The van der Waals surface area contributed by atoms with Gasteiger partial charge in [0.05, 0.1) is 5.39 Å². The van der Waals surface area contributed by atoms with Crippen molar-refractivity contribution in [2.24, 2.45) is 0 Å². The lowest BCUT2D eigenvalue weighted by Gasteiger charge is -2.15. The first-order valence-electron chi connectivity index (χ1n) is 12.7. The van der Waals surface area contributed by atoms with Crippen molar-refractivity contribution in [3.63, 3.8) is 0 Å². The molecular formula is C29H34FN3O4Si. The number of aromatic nitrogens is 2. The van der Waals surface area contributed by atoms with E-state index < -0.39 is 20.0 Å². The summed E-state index contributed by atoms with van der Waals surface area (Å²) >= 11 is 0. The van der Waals surface area contributed by atoms with Crippen LogP contribution in [0.3, 0.4) is 0 Å². The number of benzene rings is 2. The van der Waals surface area contributed by atoms with E-state index in [0.29, 0.717) is 24.8 Å². The van der Waals surface area contributed by atoms with Crippen LogP contribution in [0, 0.1) is 5.82 Å². The van der Waals surface area contributed by atoms with Gasteiger partial charge in [-0.25, -0.2) is 14.2 Å². The van der Waals surface area contributed by atoms with Crippen LogP contribution in [-0.4, -0.2) is 30.3 Å². The van der Waals surface area contributed by atoms with Crippen molar-refractivity contribution in [1.29, 1.82) is 0 Å². The molecule has 0 bridgehead atoms. The second-order valence-electron chi connectivity index (χ2n) is 10.6. The van der Waals surface area contributed by atoms with E-state index in [9.17, 15) is 4.79 Å². The predicted molar refractivity (Wildman–Crippen MR) is 150 cm³/mol. The number of anilines is 1. The molecule has 0 aliphatic carbocycles. The summed E-state index contributed by atoms with van der Waals surface area (Å²) in [7, 11) is -1.19. The Balaban J connectivity index is 1.51. The normalized spacial score (nSPS) is 11.7. The summed E-state index contributed by atoms with van der Waals surface area (Å²) in [6.07, 6.45) is 2.97. The lowest BCUT2D eigenvalue weighted by molar-refractivity contribution is 0.0898. The van der Waals surface area contributed by atoms with Crippen LogP contribution in [0.15, 0.2) is 67.0 Å². The molecule has 38 heavy (non-hydrogen) atoms. The van der Waals surface area contributed by atoms with Crippen molar-refractivity contribution < 1.29 is 23.4 Å². The van der Waals surface area contributed by atoms with Crippen LogP contribution in [0.1, 0.15) is 25.3 Å². The minimum absolute atomic E-state index is 0.0355. The van der Waals surface area contributed by atoms with Gasteiger partial charge in [0.25, 0.3) is 0 Å². The Morgan fingerprint density at radius 2 is 1.84 bits per heavy atom. The third kappa shape index (κ3) is 6.99. The molecule has 2 aromatic heterocycles. The SMILES string of the molecule is CC(C)c1cn(COCC[Si](C)(C)C)c2nccc(Oc3ccc(NC(=O)Oc4ccccc4)cc3F)c12. The fourth-order valence-electron chi connectivity index (χ4n) is 3.90. The largest absolute Gasteiger partial charge is 0.453 e. The van der Waals surface area contributed by atoms with Gasteiger partial charge in [0.2, 0.25) is 0 Å². The molecule has 9 heteroatoms. The molecule has 2 heterocycles. The van der Waals surface area contributed by atoms with E-state index in [-0.39, 0.29) is 17.4 Å². The molecule has 0 atom stereocenters. The van der Waals surface area contributed by atoms with Crippen molar-refractivity contribution in [2.75, 3.05) is 11.9 Å². The van der Waals surface area contributed by atoms with Crippen LogP contribution in [0.5, 0.6) is 17.2 Å². The van der Waals surface area contributed by atoms with Crippen molar-refractivity contribution in [1.82, 2.24) is 9.55 Å². The minimum Gasteiger partial charge on any atom is -0.453 e. The summed E-state index contributed by atoms with van der Waals surface area (Å²) in [5.41, 5.74) is 2.01. The molecule has 1 amide bonds. The van der Waals surface area contributed by atoms with Crippen molar-refractivity contribution in [3.8, 4) is 17.2 Å². The van der Waals surface area contributed by atoms with E-state index in [1.54, 1.807) is 42.6 Å². The number of carbonyl (C=O) groups is 1. The number of nitrogens with one attached hydrogen (secondary N) is 1.